The Hall–Kier alpha value is -0.830. The summed E-state index contributed by atoms with van der Waals surface area (Å²) in [5.74, 6) is 0. The molecular weight excluding hydrogens is 251 g/mol. The van der Waals surface area contributed by atoms with Crippen LogP contribution in [-0.2, 0) is 0 Å². The van der Waals surface area contributed by atoms with Gasteiger partial charge in [-0.2, -0.15) is 11.3 Å². The summed E-state index contributed by atoms with van der Waals surface area (Å²) in [5.41, 5.74) is 2.43. The Morgan fingerprint density at radius 1 is 1.20 bits per heavy atom. The lowest BCUT2D eigenvalue weighted by atomic mass is 10.1. The molecule has 0 radical (unpaired) electrons. The summed E-state index contributed by atoms with van der Waals surface area (Å²) in [7, 11) is 0. The quantitative estimate of drug-likeness (QED) is 0.726. The lowest BCUT2D eigenvalue weighted by Gasteiger charge is -2.02. The van der Waals surface area contributed by atoms with Crippen LogP contribution in [0.2, 0.25) is 5.02 Å². The van der Waals surface area contributed by atoms with Crippen LogP contribution in [0.1, 0.15) is 10.4 Å². The third-order valence-electron chi connectivity index (χ3n) is 2.04. The minimum atomic E-state index is -0.531. The maximum absolute atomic E-state index is 10.9. The van der Waals surface area contributed by atoms with Gasteiger partial charge in [0.05, 0.1) is 10.6 Å². The van der Waals surface area contributed by atoms with Crippen LogP contribution in [-0.4, -0.2) is 5.24 Å². The zero-order valence-corrected chi connectivity index (χ0v) is 9.86. The van der Waals surface area contributed by atoms with Gasteiger partial charge in [-0.15, -0.1) is 0 Å². The van der Waals surface area contributed by atoms with Crippen LogP contribution < -0.4 is 0 Å². The second-order valence-corrected chi connectivity index (χ2v) is 4.51. The monoisotopic (exact) mass is 256 g/mol. The molecule has 1 nitrogen and oxygen atoms in total. The number of hydrogen-bond donors (Lipinski definition) is 0. The molecule has 0 bridgehead atoms. The van der Waals surface area contributed by atoms with Gasteiger partial charge >= 0.3 is 0 Å². The number of carbonyl (C=O) groups excluding carboxylic acids is 1. The van der Waals surface area contributed by atoms with Gasteiger partial charge < -0.3 is 0 Å². The van der Waals surface area contributed by atoms with E-state index in [1.165, 1.54) is 0 Å². The Morgan fingerprint density at radius 3 is 2.53 bits per heavy atom. The third-order valence-corrected chi connectivity index (χ3v) is 3.23. The average Bonchev–Trinajstić information content (AvgIpc) is 2.69. The molecule has 0 aliphatic heterocycles. The third kappa shape index (κ3) is 2.23. The van der Waals surface area contributed by atoms with Crippen LogP contribution in [0, 0.1) is 0 Å². The van der Waals surface area contributed by atoms with E-state index in [0.717, 1.165) is 11.1 Å². The lowest BCUT2D eigenvalue weighted by Crippen LogP contribution is -1.90. The summed E-state index contributed by atoms with van der Waals surface area (Å²) in [6.07, 6.45) is 0. The Bertz CT molecular complexity index is 491. The molecule has 2 rings (SSSR count). The zero-order valence-electron chi connectivity index (χ0n) is 7.54. The van der Waals surface area contributed by atoms with E-state index in [1.54, 1.807) is 23.5 Å². The SMILES string of the molecule is O=C(Cl)c1ccc(-c2ccsc2)cc1Cl. The van der Waals surface area contributed by atoms with Crippen LogP contribution in [0.4, 0.5) is 0 Å². The standard InChI is InChI=1S/C11H6Cl2OS/c12-10-5-7(8-3-4-15-6-8)1-2-9(10)11(13)14/h1-6H. The first-order valence-corrected chi connectivity index (χ1v) is 5.90. The molecule has 0 fully saturated rings. The fourth-order valence-electron chi connectivity index (χ4n) is 1.28. The Labute approximate surface area is 101 Å². The first-order chi connectivity index (χ1) is 7.18. The molecule has 0 spiro atoms. The minimum Gasteiger partial charge on any atom is -0.276 e. The maximum atomic E-state index is 10.9. The first-order valence-electron chi connectivity index (χ1n) is 4.20. The summed E-state index contributed by atoms with van der Waals surface area (Å²) in [4.78, 5) is 10.9. The van der Waals surface area contributed by atoms with Crippen molar-refractivity contribution in [2.45, 2.75) is 0 Å². The van der Waals surface area contributed by atoms with Crippen molar-refractivity contribution in [3.63, 3.8) is 0 Å². The van der Waals surface area contributed by atoms with Crippen LogP contribution >= 0.6 is 34.5 Å². The van der Waals surface area contributed by atoms with Crippen molar-refractivity contribution in [1.29, 1.82) is 0 Å². The normalized spacial score (nSPS) is 10.3. The van der Waals surface area contributed by atoms with Crippen LogP contribution in [0.3, 0.4) is 0 Å². The van der Waals surface area contributed by atoms with Crippen molar-refractivity contribution in [2.24, 2.45) is 0 Å². The topological polar surface area (TPSA) is 17.1 Å². The zero-order chi connectivity index (χ0) is 10.8. The fraction of sp³-hybridized carbons (Fsp3) is 0. The van der Waals surface area contributed by atoms with Crippen LogP contribution in [0.25, 0.3) is 11.1 Å². The molecule has 0 saturated heterocycles. The summed E-state index contributed by atoms with van der Waals surface area (Å²) in [6, 6.07) is 7.23. The summed E-state index contributed by atoms with van der Waals surface area (Å²) < 4.78 is 0. The first kappa shape index (κ1) is 10.7. The molecule has 1 heterocycles. The van der Waals surface area contributed by atoms with Gasteiger partial charge in [-0.3, -0.25) is 4.79 Å². The van der Waals surface area contributed by atoms with E-state index < -0.39 is 5.24 Å². The molecule has 0 aliphatic rings. The fourth-order valence-corrected chi connectivity index (χ4v) is 2.43. The number of hydrogen-bond acceptors (Lipinski definition) is 2. The van der Waals surface area contributed by atoms with Gasteiger partial charge in [0.15, 0.2) is 0 Å². The van der Waals surface area contributed by atoms with Gasteiger partial charge in [0.1, 0.15) is 0 Å². The van der Waals surface area contributed by atoms with Crippen molar-refractivity contribution < 1.29 is 4.79 Å². The van der Waals surface area contributed by atoms with Gasteiger partial charge in [0.2, 0.25) is 0 Å². The second kappa shape index (κ2) is 4.35. The van der Waals surface area contributed by atoms with Gasteiger partial charge in [-0.05, 0) is 51.7 Å². The van der Waals surface area contributed by atoms with E-state index in [-0.39, 0.29) is 0 Å². The summed E-state index contributed by atoms with van der Waals surface area (Å²) in [5, 5.41) is 3.87. The molecule has 0 atom stereocenters. The van der Waals surface area contributed by atoms with Crippen LogP contribution in [0.5, 0.6) is 0 Å². The van der Waals surface area contributed by atoms with Crippen molar-refractivity contribution in [1.82, 2.24) is 0 Å². The van der Waals surface area contributed by atoms with Crippen LogP contribution in [0.15, 0.2) is 35.0 Å². The maximum Gasteiger partial charge on any atom is 0.253 e. The predicted octanol–water partition coefficient (Wildman–Crippen LogP) is 4.45. The van der Waals surface area contributed by atoms with Gasteiger partial charge in [0.25, 0.3) is 5.24 Å². The average molecular weight is 257 g/mol. The highest BCUT2D eigenvalue weighted by atomic mass is 35.5. The Kier molecular flexibility index (Phi) is 3.10. The smallest absolute Gasteiger partial charge is 0.253 e. The van der Waals surface area contributed by atoms with E-state index in [4.69, 9.17) is 23.2 Å². The molecule has 0 amide bonds. The van der Waals surface area contributed by atoms with E-state index in [1.807, 2.05) is 22.9 Å². The molecule has 4 heteroatoms. The molecule has 2 aromatic rings. The van der Waals surface area contributed by atoms with Gasteiger partial charge in [0, 0.05) is 0 Å². The second-order valence-electron chi connectivity index (χ2n) is 2.98. The molecule has 15 heavy (non-hydrogen) atoms. The predicted molar refractivity (Wildman–Crippen MR) is 64.9 cm³/mol. The van der Waals surface area contributed by atoms with E-state index in [0.29, 0.717) is 10.6 Å². The summed E-state index contributed by atoms with van der Waals surface area (Å²) in [6.45, 7) is 0. The highest BCUT2D eigenvalue weighted by molar-refractivity contribution is 7.08. The Balaban J connectivity index is 2.47. The highest BCUT2D eigenvalue weighted by Gasteiger charge is 2.08. The van der Waals surface area contributed by atoms with Gasteiger partial charge in [-0.1, -0.05) is 17.7 Å². The molecule has 0 aliphatic carbocycles. The molecule has 1 aromatic carbocycles. The lowest BCUT2D eigenvalue weighted by molar-refractivity contribution is 0.108. The largest absolute Gasteiger partial charge is 0.276 e. The number of halogens is 2. The highest BCUT2D eigenvalue weighted by Crippen LogP contribution is 2.27. The Morgan fingerprint density at radius 2 is 2.00 bits per heavy atom. The number of benzene rings is 1. The minimum absolute atomic E-state index is 0.345. The van der Waals surface area contributed by atoms with Crippen molar-refractivity contribution in [3.8, 4) is 11.1 Å². The van der Waals surface area contributed by atoms with Crippen molar-refractivity contribution in [2.75, 3.05) is 0 Å². The number of rotatable bonds is 2. The molecule has 0 unspecified atom stereocenters. The molecule has 0 N–H and O–H groups in total. The number of thiophene rings is 1. The number of carbonyl (C=O) groups is 1. The molecule has 76 valence electrons. The van der Waals surface area contributed by atoms with Crippen molar-refractivity contribution >= 4 is 39.8 Å². The van der Waals surface area contributed by atoms with Gasteiger partial charge in [-0.25, -0.2) is 0 Å². The summed E-state index contributed by atoms with van der Waals surface area (Å²) >= 11 is 12.9. The van der Waals surface area contributed by atoms with E-state index >= 15 is 0 Å². The molecule has 1 aromatic heterocycles. The van der Waals surface area contributed by atoms with E-state index in [9.17, 15) is 4.79 Å². The van der Waals surface area contributed by atoms with E-state index in [2.05, 4.69) is 0 Å². The molecule has 0 saturated carbocycles. The molecular formula is C11H6Cl2OS. The van der Waals surface area contributed by atoms with Crippen molar-refractivity contribution in [3.05, 3.63) is 45.6 Å².